The number of para-hydroxylation sites is 2. The average Bonchev–Trinajstić information content (AvgIpc) is 3.78. The van der Waals surface area contributed by atoms with Crippen molar-refractivity contribution in [2.45, 2.75) is 13.1 Å². The van der Waals surface area contributed by atoms with Crippen LogP contribution in [0.5, 0.6) is 0 Å². The van der Waals surface area contributed by atoms with E-state index in [1.807, 2.05) is 36.4 Å². The van der Waals surface area contributed by atoms with Crippen molar-refractivity contribution >= 4 is 76.4 Å². The third kappa shape index (κ3) is 12.7. The normalized spacial score (nSPS) is 9.88. The fourth-order valence-electron chi connectivity index (χ4n) is 3.62. The zero-order valence-corrected chi connectivity index (χ0v) is 29.1. The fourth-order valence-corrected chi connectivity index (χ4v) is 4.60. The maximum absolute atomic E-state index is 8.68. The summed E-state index contributed by atoms with van der Waals surface area (Å²) in [6.45, 7) is 0.844. The highest BCUT2D eigenvalue weighted by Gasteiger charge is 2.13. The maximum atomic E-state index is 8.68. The van der Waals surface area contributed by atoms with E-state index in [0.29, 0.717) is 44.3 Å². The molecule has 6 aromatic rings. The Hall–Kier alpha value is -4.18. The summed E-state index contributed by atoms with van der Waals surface area (Å²) in [6.07, 6.45) is 3.54. The molecule has 2 heterocycles. The Kier molecular flexibility index (Phi) is 16.8. The number of nitrogens with zero attached hydrogens (tertiary/aromatic N) is 9. The standard InChI is InChI=1S/C9H8Cl2N4.C9H9ClN4.C6H6BClO2.C6H4ClN3/c10-8-3-1-2-4-9(8)15-6-7(5-12-11)13-14-15;10-8-3-1-2-4-9(8)14-6-7(5-11)12-13-14;8-6-4-2-1-3-5(6)7(9)10;7-5-3-1-2-4-6(5)9-10-8/h1-4,6,12H,5H2;1-4,6H,5,11H2;1-4,9-10H;1-4H. The molecule has 0 amide bonds. The smallest absolute Gasteiger partial charge is 0.423 e. The van der Waals surface area contributed by atoms with Gasteiger partial charge in [0.1, 0.15) is 0 Å². The Balaban J connectivity index is 0.000000180. The largest absolute Gasteiger partial charge is 0.489 e. The first-order chi connectivity index (χ1) is 23.7. The van der Waals surface area contributed by atoms with Gasteiger partial charge < -0.3 is 15.8 Å². The highest BCUT2D eigenvalue weighted by atomic mass is 35.5. The lowest BCUT2D eigenvalue weighted by atomic mass is 9.80. The lowest BCUT2D eigenvalue weighted by molar-refractivity contribution is 0.426. The second-order valence-corrected chi connectivity index (χ2v) is 11.2. The molecule has 0 radical (unpaired) electrons. The van der Waals surface area contributed by atoms with Crippen LogP contribution >= 0.6 is 58.2 Å². The van der Waals surface area contributed by atoms with Gasteiger partial charge in [0.2, 0.25) is 0 Å². The van der Waals surface area contributed by atoms with E-state index in [1.54, 1.807) is 82.4 Å². The number of hydrogen-bond donors (Lipinski definition) is 4. The van der Waals surface area contributed by atoms with E-state index in [9.17, 15) is 0 Å². The third-order valence-corrected chi connectivity index (χ3v) is 7.36. The van der Waals surface area contributed by atoms with Gasteiger partial charge in [-0.25, -0.2) is 14.2 Å². The molecular weight excluding hydrogens is 734 g/mol. The molecule has 49 heavy (non-hydrogen) atoms. The van der Waals surface area contributed by atoms with E-state index in [1.165, 1.54) is 0 Å². The summed E-state index contributed by atoms with van der Waals surface area (Å²) in [5, 5.41) is 38.5. The van der Waals surface area contributed by atoms with Gasteiger partial charge in [-0.3, -0.25) is 0 Å². The molecule has 13 nitrogen and oxygen atoms in total. The average molecular weight is 762 g/mol. The quantitative estimate of drug-likeness (QED) is 0.0447. The van der Waals surface area contributed by atoms with Crippen molar-refractivity contribution in [1.82, 2.24) is 34.8 Å². The Morgan fingerprint density at radius 3 is 1.61 bits per heavy atom. The van der Waals surface area contributed by atoms with Gasteiger partial charge in [0, 0.05) is 21.9 Å². The van der Waals surface area contributed by atoms with E-state index in [4.69, 9.17) is 79.5 Å². The van der Waals surface area contributed by atoms with Crippen LogP contribution < -0.4 is 16.0 Å². The van der Waals surface area contributed by atoms with Gasteiger partial charge in [0.05, 0.1) is 62.5 Å². The van der Waals surface area contributed by atoms with Gasteiger partial charge in [0.25, 0.3) is 0 Å². The highest BCUT2D eigenvalue weighted by molar-refractivity contribution is 6.62. The van der Waals surface area contributed by atoms with Crippen LogP contribution in [0, 0.1) is 0 Å². The first-order valence-corrected chi connectivity index (χ1v) is 15.8. The molecule has 0 saturated heterocycles. The molecule has 4 aromatic carbocycles. The first kappa shape index (κ1) is 39.3. The predicted molar refractivity (Wildman–Crippen MR) is 195 cm³/mol. The molecule has 252 valence electrons. The molecule has 0 aliphatic rings. The predicted octanol–water partition coefficient (Wildman–Crippen LogP) is 6.85. The van der Waals surface area contributed by atoms with Crippen molar-refractivity contribution in [1.29, 1.82) is 0 Å². The molecule has 6 rings (SSSR count). The molecule has 0 aliphatic carbocycles. The van der Waals surface area contributed by atoms with Crippen molar-refractivity contribution < 1.29 is 10.0 Å². The molecule has 2 aromatic heterocycles. The minimum Gasteiger partial charge on any atom is -0.423 e. The topological polar surface area (TPSA) is 189 Å². The summed E-state index contributed by atoms with van der Waals surface area (Å²) in [7, 11) is -1.48. The van der Waals surface area contributed by atoms with Crippen LogP contribution in [-0.2, 0) is 13.1 Å². The van der Waals surface area contributed by atoms with Gasteiger partial charge in [-0.15, -0.1) is 10.2 Å². The Labute approximate surface area is 306 Å². The lowest BCUT2D eigenvalue weighted by Crippen LogP contribution is -2.30. The Morgan fingerprint density at radius 2 is 1.18 bits per heavy atom. The second-order valence-electron chi connectivity index (χ2n) is 9.26. The molecule has 0 bridgehead atoms. The van der Waals surface area contributed by atoms with Crippen LogP contribution in [0.25, 0.3) is 21.8 Å². The molecule has 0 atom stereocenters. The van der Waals surface area contributed by atoms with Crippen molar-refractivity contribution in [2.24, 2.45) is 10.8 Å². The summed E-state index contributed by atoms with van der Waals surface area (Å²) >= 11 is 28.6. The van der Waals surface area contributed by atoms with Crippen LogP contribution in [0.3, 0.4) is 0 Å². The molecule has 5 N–H and O–H groups in total. The Bertz CT molecular complexity index is 1960. The third-order valence-electron chi connectivity index (χ3n) is 5.93. The highest BCUT2D eigenvalue weighted by Crippen LogP contribution is 2.23. The monoisotopic (exact) mass is 759 g/mol. The Morgan fingerprint density at radius 1 is 0.714 bits per heavy atom. The van der Waals surface area contributed by atoms with Crippen molar-refractivity contribution in [3.05, 3.63) is 151 Å². The van der Waals surface area contributed by atoms with Gasteiger partial charge in [-0.2, -0.15) is 0 Å². The molecule has 0 fully saturated rings. The molecule has 0 spiro atoms. The fraction of sp³-hybridized carbons (Fsp3) is 0.0667. The van der Waals surface area contributed by atoms with E-state index >= 15 is 0 Å². The number of rotatable bonds is 7. The molecule has 0 saturated carbocycles. The van der Waals surface area contributed by atoms with Crippen LogP contribution in [0.15, 0.2) is 115 Å². The number of aromatic nitrogens is 6. The number of benzene rings is 4. The molecule has 19 heteroatoms. The van der Waals surface area contributed by atoms with Crippen molar-refractivity contribution in [3.8, 4) is 11.4 Å². The van der Waals surface area contributed by atoms with Crippen LogP contribution in [0.2, 0.25) is 20.1 Å². The number of nitrogens with two attached hydrogens (primary N) is 1. The lowest BCUT2D eigenvalue weighted by Gasteiger charge is -2.01. The zero-order valence-electron chi connectivity index (χ0n) is 25.3. The molecule has 0 unspecified atom stereocenters. The van der Waals surface area contributed by atoms with E-state index in [0.717, 1.165) is 22.8 Å². The van der Waals surface area contributed by atoms with Crippen molar-refractivity contribution in [3.63, 3.8) is 0 Å². The van der Waals surface area contributed by atoms with Crippen molar-refractivity contribution in [2.75, 3.05) is 0 Å². The van der Waals surface area contributed by atoms with Crippen LogP contribution in [-0.4, -0.2) is 47.2 Å². The minimum atomic E-state index is -1.48. The van der Waals surface area contributed by atoms with Gasteiger partial charge in [-0.05, 0) is 53.7 Å². The van der Waals surface area contributed by atoms with Crippen LogP contribution in [0.4, 0.5) is 5.69 Å². The summed E-state index contributed by atoms with van der Waals surface area (Å²) in [5.74, 6) is 0. The first-order valence-electron chi connectivity index (χ1n) is 13.9. The number of hydrogen-bond acceptors (Lipinski definition) is 9. The van der Waals surface area contributed by atoms with Gasteiger partial charge >= 0.3 is 7.12 Å². The number of azide groups is 1. The van der Waals surface area contributed by atoms with E-state index < -0.39 is 7.12 Å². The minimum absolute atomic E-state index is 0.337. The zero-order chi connectivity index (χ0) is 35.6. The number of halogens is 5. The van der Waals surface area contributed by atoms with Crippen LogP contribution in [0.1, 0.15) is 11.4 Å². The SMILES string of the molecule is ClNCc1cn(-c2ccccc2Cl)nn1.NCc1cn(-c2ccccc2Cl)nn1.OB(O)c1ccccc1Cl.[N-]=[N+]=Nc1ccccc1Cl. The molecular formula is C30H27BCl5N11O2. The summed E-state index contributed by atoms with van der Waals surface area (Å²) in [5.41, 5.74) is 17.4. The maximum Gasteiger partial charge on any atom is 0.489 e. The summed E-state index contributed by atoms with van der Waals surface area (Å²) in [6, 6.07) is 28.3. The number of nitrogens with one attached hydrogen (secondary N) is 1. The van der Waals surface area contributed by atoms with E-state index in [-0.39, 0.29) is 0 Å². The summed E-state index contributed by atoms with van der Waals surface area (Å²) in [4.78, 5) is 5.09. The van der Waals surface area contributed by atoms with Gasteiger partial charge in [0.15, 0.2) is 0 Å². The summed E-state index contributed by atoms with van der Waals surface area (Å²) < 4.78 is 3.23. The second kappa shape index (κ2) is 21.0. The van der Waals surface area contributed by atoms with E-state index in [2.05, 4.69) is 35.5 Å². The van der Waals surface area contributed by atoms with Gasteiger partial charge in [-0.1, -0.05) is 123 Å². The molecule has 0 aliphatic heterocycles.